The second kappa shape index (κ2) is 5.23. The van der Waals surface area contributed by atoms with Crippen LogP contribution in [0.1, 0.15) is 46.1 Å². The minimum atomic E-state index is -0.178. The number of aromatic amines is 1. The lowest BCUT2D eigenvalue weighted by Crippen LogP contribution is -2.29. The van der Waals surface area contributed by atoms with Crippen molar-refractivity contribution in [3.05, 3.63) is 52.6 Å². The molecule has 4 nitrogen and oxygen atoms in total. The highest BCUT2D eigenvalue weighted by Crippen LogP contribution is 2.31. The molecule has 1 fully saturated rings. The Morgan fingerprint density at radius 1 is 1.32 bits per heavy atom. The number of halogens is 1. The molecule has 1 aromatic heterocycles. The van der Waals surface area contributed by atoms with Crippen molar-refractivity contribution in [3.8, 4) is 0 Å². The standard InChI is InChI=1S/C17H18FN3O/c18-14-6-2-1-4-12(14)11-8-9-21(10-11)17(22)16-13-5-3-7-15(13)19-20-16/h1-2,4,6,11H,3,5,7-10H2,(H,19,20). The molecular weight excluding hydrogens is 281 g/mol. The number of carbonyl (C=O) groups is 1. The molecule has 1 aliphatic heterocycles. The molecule has 0 radical (unpaired) electrons. The Kier molecular flexibility index (Phi) is 3.21. The average molecular weight is 299 g/mol. The summed E-state index contributed by atoms with van der Waals surface area (Å²) < 4.78 is 13.9. The molecule has 5 heteroatoms. The minimum absolute atomic E-state index is 0.0155. The summed E-state index contributed by atoms with van der Waals surface area (Å²) >= 11 is 0. The number of carbonyl (C=O) groups excluding carboxylic acids is 1. The van der Waals surface area contributed by atoms with E-state index >= 15 is 0 Å². The summed E-state index contributed by atoms with van der Waals surface area (Å²) in [7, 11) is 0. The number of nitrogens with one attached hydrogen (secondary N) is 1. The molecule has 2 heterocycles. The molecule has 114 valence electrons. The maximum atomic E-state index is 13.9. The summed E-state index contributed by atoms with van der Waals surface area (Å²) in [6.07, 6.45) is 3.80. The number of hydrogen-bond acceptors (Lipinski definition) is 2. The second-order valence-corrected chi connectivity index (χ2v) is 6.14. The number of rotatable bonds is 2. The Bertz CT molecular complexity index is 724. The van der Waals surface area contributed by atoms with Gasteiger partial charge in [-0.25, -0.2) is 4.39 Å². The zero-order valence-corrected chi connectivity index (χ0v) is 12.3. The van der Waals surface area contributed by atoms with Crippen LogP contribution in [0.2, 0.25) is 0 Å². The quantitative estimate of drug-likeness (QED) is 0.927. The van der Waals surface area contributed by atoms with Crippen LogP contribution in [0.5, 0.6) is 0 Å². The number of aromatic nitrogens is 2. The van der Waals surface area contributed by atoms with E-state index in [0.717, 1.165) is 36.9 Å². The zero-order valence-electron chi connectivity index (χ0n) is 12.3. The van der Waals surface area contributed by atoms with Crippen LogP contribution in [0, 0.1) is 5.82 Å². The number of nitrogens with zero attached hydrogens (tertiary/aromatic N) is 2. The van der Waals surface area contributed by atoms with Crippen molar-refractivity contribution in [2.45, 2.75) is 31.6 Å². The molecule has 1 N–H and O–H groups in total. The lowest BCUT2D eigenvalue weighted by molar-refractivity contribution is 0.0783. The maximum Gasteiger partial charge on any atom is 0.274 e. The number of hydrogen-bond donors (Lipinski definition) is 1. The average Bonchev–Trinajstić information content (AvgIpc) is 3.23. The van der Waals surface area contributed by atoms with Gasteiger partial charge in [-0.2, -0.15) is 5.10 Å². The third-order valence-electron chi connectivity index (χ3n) is 4.83. The van der Waals surface area contributed by atoms with E-state index in [4.69, 9.17) is 0 Å². The van der Waals surface area contributed by atoms with Crippen molar-refractivity contribution in [2.24, 2.45) is 0 Å². The third-order valence-corrected chi connectivity index (χ3v) is 4.83. The van der Waals surface area contributed by atoms with Crippen LogP contribution in [-0.4, -0.2) is 34.1 Å². The van der Waals surface area contributed by atoms with E-state index in [2.05, 4.69) is 10.2 Å². The van der Waals surface area contributed by atoms with Gasteiger partial charge >= 0.3 is 0 Å². The van der Waals surface area contributed by atoms with Crippen LogP contribution < -0.4 is 0 Å². The van der Waals surface area contributed by atoms with Gasteiger partial charge in [0.2, 0.25) is 0 Å². The number of aryl methyl sites for hydroxylation is 1. The summed E-state index contributed by atoms with van der Waals surface area (Å²) in [5, 5.41) is 7.19. The van der Waals surface area contributed by atoms with Gasteiger partial charge in [-0.3, -0.25) is 9.89 Å². The van der Waals surface area contributed by atoms with Gasteiger partial charge in [0.05, 0.1) is 0 Å². The van der Waals surface area contributed by atoms with Crippen molar-refractivity contribution in [3.63, 3.8) is 0 Å². The molecule has 22 heavy (non-hydrogen) atoms. The van der Waals surface area contributed by atoms with Gasteiger partial charge in [0.15, 0.2) is 5.69 Å². The van der Waals surface area contributed by atoms with Crippen molar-refractivity contribution in [1.82, 2.24) is 15.1 Å². The van der Waals surface area contributed by atoms with E-state index in [1.165, 1.54) is 6.07 Å². The maximum absolute atomic E-state index is 13.9. The summed E-state index contributed by atoms with van der Waals surface area (Å²) in [6.45, 7) is 1.24. The van der Waals surface area contributed by atoms with Gasteiger partial charge in [-0.1, -0.05) is 18.2 Å². The van der Waals surface area contributed by atoms with Crippen molar-refractivity contribution >= 4 is 5.91 Å². The largest absolute Gasteiger partial charge is 0.337 e. The van der Waals surface area contributed by atoms with Crippen molar-refractivity contribution in [1.29, 1.82) is 0 Å². The van der Waals surface area contributed by atoms with Gasteiger partial charge in [0, 0.05) is 30.3 Å². The Labute approximate surface area is 128 Å². The van der Waals surface area contributed by atoms with Gasteiger partial charge in [-0.15, -0.1) is 0 Å². The summed E-state index contributed by atoms with van der Waals surface area (Å²) in [5.74, 6) is -0.113. The number of benzene rings is 1. The number of fused-ring (bicyclic) bond motifs is 1. The van der Waals surface area contributed by atoms with Crippen LogP contribution >= 0.6 is 0 Å². The van der Waals surface area contributed by atoms with E-state index < -0.39 is 0 Å². The summed E-state index contributed by atoms with van der Waals surface area (Å²) in [5.41, 5.74) is 3.47. The van der Waals surface area contributed by atoms with E-state index in [0.29, 0.717) is 24.3 Å². The highest BCUT2D eigenvalue weighted by molar-refractivity contribution is 5.94. The Morgan fingerprint density at radius 2 is 2.18 bits per heavy atom. The number of likely N-dealkylation sites (tertiary alicyclic amines) is 1. The van der Waals surface area contributed by atoms with Crippen LogP contribution in [0.3, 0.4) is 0 Å². The lowest BCUT2D eigenvalue weighted by Gasteiger charge is -2.16. The lowest BCUT2D eigenvalue weighted by atomic mass is 9.98. The first kappa shape index (κ1) is 13.5. The molecule has 1 amide bonds. The molecule has 4 rings (SSSR count). The van der Waals surface area contributed by atoms with E-state index in [1.54, 1.807) is 6.07 Å². The highest BCUT2D eigenvalue weighted by Gasteiger charge is 2.32. The molecule has 0 spiro atoms. The Hall–Kier alpha value is -2.17. The first-order valence-electron chi connectivity index (χ1n) is 7.84. The number of amides is 1. The molecule has 2 aromatic rings. The Balaban J connectivity index is 1.53. The zero-order chi connectivity index (χ0) is 15.1. The van der Waals surface area contributed by atoms with Gasteiger partial charge in [0.25, 0.3) is 5.91 Å². The fourth-order valence-corrected chi connectivity index (χ4v) is 3.65. The summed E-state index contributed by atoms with van der Waals surface area (Å²) in [6, 6.07) is 6.86. The normalized spacial score (nSPS) is 20.4. The molecule has 1 unspecified atom stereocenters. The molecule has 1 atom stereocenters. The number of H-pyrrole nitrogens is 1. The Morgan fingerprint density at radius 3 is 3.05 bits per heavy atom. The van der Waals surface area contributed by atoms with Crippen molar-refractivity contribution < 1.29 is 9.18 Å². The predicted molar refractivity (Wildman–Crippen MR) is 80.3 cm³/mol. The van der Waals surface area contributed by atoms with Crippen LogP contribution in [-0.2, 0) is 12.8 Å². The van der Waals surface area contributed by atoms with E-state index in [1.807, 2.05) is 17.0 Å². The smallest absolute Gasteiger partial charge is 0.274 e. The molecule has 1 saturated heterocycles. The minimum Gasteiger partial charge on any atom is -0.337 e. The molecular formula is C17H18FN3O. The monoisotopic (exact) mass is 299 g/mol. The molecule has 1 aliphatic carbocycles. The van der Waals surface area contributed by atoms with Crippen molar-refractivity contribution in [2.75, 3.05) is 13.1 Å². The van der Waals surface area contributed by atoms with Crippen LogP contribution in [0.15, 0.2) is 24.3 Å². The van der Waals surface area contributed by atoms with Gasteiger partial charge < -0.3 is 4.90 Å². The molecule has 0 bridgehead atoms. The first-order chi connectivity index (χ1) is 10.7. The predicted octanol–water partition coefficient (Wildman–Crippen LogP) is 2.67. The van der Waals surface area contributed by atoms with Crippen LogP contribution in [0.25, 0.3) is 0 Å². The first-order valence-corrected chi connectivity index (χ1v) is 7.84. The summed E-state index contributed by atoms with van der Waals surface area (Å²) in [4.78, 5) is 14.5. The molecule has 1 aromatic carbocycles. The van der Waals surface area contributed by atoms with Gasteiger partial charge in [-0.05, 0) is 37.3 Å². The van der Waals surface area contributed by atoms with Gasteiger partial charge in [0.1, 0.15) is 5.82 Å². The van der Waals surface area contributed by atoms with E-state index in [-0.39, 0.29) is 17.6 Å². The van der Waals surface area contributed by atoms with Crippen LogP contribution in [0.4, 0.5) is 4.39 Å². The highest BCUT2D eigenvalue weighted by atomic mass is 19.1. The second-order valence-electron chi connectivity index (χ2n) is 6.14. The molecule has 0 saturated carbocycles. The fourth-order valence-electron chi connectivity index (χ4n) is 3.65. The fraction of sp³-hybridized carbons (Fsp3) is 0.412. The third kappa shape index (κ3) is 2.12. The van der Waals surface area contributed by atoms with E-state index in [9.17, 15) is 9.18 Å². The topological polar surface area (TPSA) is 49.0 Å². The molecule has 2 aliphatic rings. The SMILES string of the molecule is O=C(c1n[nH]c2c1CCC2)N1CCC(c2ccccc2F)C1.